The molecule has 4 rings (SSSR count). The fourth-order valence-electron chi connectivity index (χ4n) is 5.07. The Morgan fingerprint density at radius 1 is 1.11 bits per heavy atom. The van der Waals surface area contributed by atoms with Crippen molar-refractivity contribution in [1.82, 2.24) is 9.80 Å². The number of ether oxygens (including phenoxy) is 1. The Bertz CT molecular complexity index is 571. The Kier molecular flexibility index (Phi) is 6.85. The SMILES string of the molecule is O=C(Cc1cccs1)N(CC1CCN(C2CCCC2)CC1)C[C@@H]1CCCO1. The number of amides is 1. The lowest BCUT2D eigenvalue weighted by Gasteiger charge is -2.38. The summed E-state index contributed by atoms with van der Waals surface area (Å²) in [6, 6.07) is 4.96. The average molecular weight is 391 g/mol. The van der Waals surface area contributed by atoms with E-state index in [9.17, 15) is 4.79 Å². The predicted octanol–water partition coefficient (Wildman–Crippen LogP) is 3.95. The van der Waals surface area contributed by atoms with E-state index in [2.05, 4.69) is 21.2 Å². The molecule has 5 heteroatoms. The summed E-state index contributed by atoms with van der Waals surface area (Å²) in [5, 5.41) is 2.06. The molecular weight excluding hydrogens is 356 g/mol. The van der Waals surface area contributed by atoms with Crippen molar-refractivity contribution >= 4 is 17.2 Å². The molecule has 27 heavy (non-hydrogen) atoms. The molecule has 0 spiro atoms. The summed E-state index contributed by atoms with van der Waals surface area (Å²) in [7, 11) is 0. The number of nitrogens with zero attached hydrogens (tertiary/aromatic N) is 2. The molecule has 1 atom stereocenters. The van der Waals surface area contributed by atoms with Gasteiger partial charge in [-0.2, -0.15) is 0 Å². The van der Waals surface area contributed by atoms with Crippen LogP contribution in [0.15, 0.2) is 17.5 Å². The highest BCUT2D eigenvalue weighted by molar-refractivity contribution is 7.10. The smallest absolute Gasteiger partial charge is 0.227 e. The van der Waals surface area contributed by atoms with Crippen LogP contribution in [0.5, 0.6) is 0 Å². The van der Waals surface area contributed by atoms with Crippen molar-refractivity contribution in [2.24, 2.45) is 5.92 Å². The van der Waals surface area contributed by atoms with E-state index < -0.39 is 0 Å². The van der Waals surface area contributed by atoms with Gasteiger partial charge in [0.1, 0.15) is 0 Å². The monoisotopic (exact) mass is 390 g/mol. The maximum atomic E-state index is 13.0. The first-order chi connectivity index (χ1) is 13.3. The van der Waals surface area contributed by atoms with Crippen molar-refractivity contribution in [3.05, 3.63) is 22.4 Å². The minimum absolute atomic E-state index is 0.246. The number of thiophene rings is 1. The summed E-state index contributed by atoms with van der Waals surface area (Å²) < 4.78 is 5.84. The molecule has 3 heterocycles. The van der Waals surface area contributed by atoms with Gasteiger partial charge in [0.2, 0.25) is 5.91 Å². The van der Waals surface area contributed by atoms with Gasteiger partial charge in [0, 0.05) is 30.6 Å². The van der Waals surface area contributed by atoms with E-state index in [1.807, 2.05) is 6.07 Å². The van der Waals surface area contributed by atoms with Crippen LogP contribution in [0, 0.1) is 5.92 Å². The molecule has 1 saturated carbocycles. The number of carbonyl (C=O) groups is 1. The molecule has 0 radical (unpaired) electrons. The van der Waals surface area contributed by atoms with Gasteiger partial charge in [-0.25, -0.2) is 0 Å². The van der Waals surface area contributed by atoms with Crippen LogP contribution in [-0.2, 0) is 16.0 Å². The molecular formula is C22H34N2O2S. The van der Waals surface area contributed by atoms with Gasteiger partial charge in [-0.1, -0.05) is 18.9 Å². The summed E-state index contributed by atoms with van der Waals surface area (Å²) in [6.45, 7) is 5.01. The first-order valence-electron chi connectivity index (χ1n) is 10.9. The first kappa shape index (κ1) is 19.4. The fraction of sp³-hybridized carbons (Fsp3) is 0.773. The molecule has 0 bridgehead atoms. The Morgan fingerprint density at radius 3 is 2.59 bits per heavy atom. The van der Waals surface area contributed by atoms with E-state index in [0.29, 0.717) is 12.3 Å². The second-order valence-electron chi connectivity index (χ2n) is 8.61. The first-order valence-corrected chi connectivity index (χ1v) is 11.8. The van der Waals surface area contributed by atoms with Crippen molar-refractivity contribution in [3.63, 3.8) is 0 Å². The van der Waals surface area contributed by atoms with Crippen LogP contribution in [0.2, 0.25) is 0 Å². The number of carbonyl (C=O) groups excluding carboxylic acids is 1. The lowest BCUT2D eigenvalue weighted by Crippen LogP contribution is -2.45. The molecule has 0 aromatic carbocycles. The van der Waals surface area contributed by atoms with E-state index in [4.69, 9.17) is 4.74 Å². The zero-order valence-corrected chi connectivity index (χ0v) is 17.3. The molecule has 2 saturated heterocycles. The third kappa shape index (κ3) is 5.33. The molecule has 1 aromatic heterocycles. The van der Waals surface area contributed by atoms with Crippen LogP contribution in [0.3, 0.4) is 0 Å². The predicted molar refractivity (Wildman–Crippen MR) is 110 cm³/mol. The lowest BCUT2D eigenvalue weighted by molar-refractivity contribution is -0.133. The third-order valence-electron chi connectivity index (χ3n) is 6.68. The number of rotatable bonds is 7. The Hall–Kier alpha value is -0.910. The second kappa shape index (κ2) is 9.53. The van der Waals surface area contributed by atoms with Gasteiger partial charge in [-0.3, -0.25) is 4.79 Å². The maximum absolute atomic E-state index is 13.0. The topological polar surface area (TPSA) is 32.8 Å². The molecule has 2 aliphatic heterocycles. The molecule has 0 unspecified atom stereocenters. The van der Waals surface area contributed by atoms with Crippen LogP contribution in [0.1, 0.15) is 56.2 Å². The molecule has 3 fully saturated rings. The Morgan fingerprint density at radius 2 is 1.93 bits per heavy atom. The van der Waals surface area contributed by atoms with Crippen molar-refractivity contribution in [3.8, 4) is 0 Å². The maximum Gasteiger partial charge on any atom is 0.227 e. The highest BCUT2D eigenvalue weighted by Crippen LogP contribution is 2.28. The van der Waals surface area contributed by atoms with E-state index in [1.165, 1.54) is 56.5 Å². The number of hydrogen-bond donors (Lipinski definition) is 0. The van der Waals surface area contributed by atoms with Crippen molar-refractivity contribution < 1.29 is 9.53 Å². The zero-order chi connectivity index (χ0) is 18.5. The van der Waals surface area contributed by atoms with Gasteiger partial charge in [0.05, 0.1) is 12.5 Å². The molecule has 150 valence electrons. The number of likely N-dealkylation sites (tertiary alicyclic amines) is 1. The second-order valence-corrected chi connectivity index (χ2v) is 9.64. The van der Waals surface area contributed by atoms with Crippen LogP contribution in [0.25, 0.3) is 0 Å². The van der Waals surface area contributed by atoms with E-state index >= 15 is 0 Å². The standard InChI is InChI=1S/C22H34N2O2S/c25-22(15-21-8-4-14-27-21)24(17-20-7-3-13-26-20)16-18-9-11-23(12-10-18)19-5-1-2-6-19/h4,8,14,18-20H,1-3,5-7,9-13,15-17H2/t20-/m0/s1. The summed E-state index contributed by atoms with van der Waals surface area (Å²) in [5.74, 6) is 0.933. The van der Waals surface area contributed by atoms with Crippen molar-refractivity contribution in [2.45, 2.75) is 69.9 Å². The van der Waals surface area contributed by atoms with Crippen LogP contribution < -0.4 is 0 Å². The van der Waals surface area contributed by atoms with E-state index in [-0.39, 0.29) is 12.0 Å². The van der Waals surface area contributed by atoms with Gasteiger partial charge in [0.25, 0.3) is 0 Å². The minimum atomic E-state index is 0.246. The van der Waals surface area contributed by atoms with Crippen molar-refractivity contribution in [1.29, 1.82) is 0 Å². The van der Waals surface area contributed by atoms with Gasteiger partial charge >= 0.3 is 0 Å². The largest absolute Gasteiger partial charge is 0.376 e. The highest BCUT2D eigenvalue weighted by Gasteiger charge is 2.30. The summed E-state index contributed by atoms with van der Waals surface area (Å²) in [6.07, 6.45) is 11.1. The van der Waals surface area contributed by atoms with Gasteiger partial charge < -0.3 is 14.5 Å². The minimum Gasteiger partial charge on any atom is -0.376 e. The quantitative estimate of drug-likeness (QED) is 0.707. The van der Waals surface area contributed by atoms with Crippen molar-refractivity contribution in [2.75, 3.05) is 32.8 Å². The molecule has 4 nitrogen and oxygen atoms in total. The molecule has 3 aliphatic rings. The molecule has 1 aromatic rings. The van der Waals surface area contributed by atoms with Crippen LogP contribution in [-0.4, -0.2) is 60.6 Å². The van der Waals surface area contributed by atoms with E-state index in [0.717, 1.165) is 38.6 Å². The van der Waals surface area contributed by atoms with Gasteiger partial charge in [-0.05, 0) is 69.0 Å². The molecule has 1 aliphatic carbocycles. The Balaban J connectivity index is 1.31. The molecule has 0 N–H and O–H groups in total. The fourth-order valence-corrected chi connectivity index (χ4v) is 5.76. The van der Waals surface area contributed by atoms with Crippen LogP contribution in [0.4, 0.5) is 0 Å². The normalized spacial score (nSPS) is 25.3. The van der Waals surface area contributed by atoms with Crippen LogP contribution >= 0.6 is 11.3 Å². The van der Waals surface area contributed by atoms with Gasteiger partial charge in [0.15, 0.2) is 0 Å². The Labute approximate surface area is 167 Å². The number of piperidine rings is 1. The number of hydrogen-bond acceptors (Lipinski definition) is 4. The molecule has 1 amide bonds. The highest BCUT2D eigenvalue weighted by atomic mass is 32.1. The third-order valence-corrected chi connectivity index (χ3v) is 7.55. The average Bonchev–Trinajstić information content (AvgIpc) is 3.45. The lowest BCUT2D eigenvalue weighted by atomic mass is 9.94. The van der Waals surface area contributed by atoms with Gasteiger partial charge in [-0.15, -0.1) is 11.3 Å². The van der Waals surface area contributed by atoms with E-state index in [1.54, 1.807) is 11.3 Å². The summed E-state index contributed by atoms with van der Waals surface area (Å²) in [4.78, 5) is 19.0. The summed E-state index contributed by atoms with van der Waals surface area (Å²) in [5.41, 5.74) is 0. The summed E-state index contributed by atoms with van der Waals surface area (Å²) >= 11 is 1.69. The zero-order valence-electron chi connectivity index (χ0n) is 16.5.